The molecule has 11 heteroatoms. The first-order valence-corrected chi connectivity index (χ1v) is 8.73. The fourth-order valence-electron chi connectivity index (χ4n) is 3.26. The number of aliphatic carboxylic acids is 1. The number of fused-ring (bicyclic) bond motifs is 1. The quantitative estimate of drug-likeness (QED) is 0.722. The molecule has 2 aliphatic heterocycles. The zero-order valence-corrected chi connectivity index (χ0v) is 16.0. The number of halogens is 2. The molecular weight excluding hydrogens is 394 g/mol. The zero-order chi connectivity index (χ0) is 21.6. The smallest absolute Gasteiger partial charge is 0.479 e. The number of alkyl halides is 2. The number of carboxylic acids is 1. The van der Waals surface area contributed by atoms with Crippen molar-refractivity contribution in [3.05, 3.63) is 17.7 Å². The molecule has 1 fully saturated rings. The lowest BCUT2D eigenvalue weighted by Crippen LogP contribution is -2.57. The molecule has 1 saturated heterocycles. The van der Waals surface area contributed by atoms with E-state index in [-0.39, 0.29) is 36.5 Å². The number of rotatable bonds is 4. The molecule has 2 heterocycles. The van der Waals surface area contributed by atoms with E-state index in [0.717, 1.165) is 0 Å². The van der Waals surface area contributed by atoms with Crippen molar-refractivity contribution in [3.63, 3.8) is 0 Å². The van der Waals surface area contributed by atoms with Gasteiger partial charge < -0.3 is 29.5 Å². The van der Waals surface area contributed by atoms with Crippen molar-refractivity contribution in [1.82, 2.24) is 5.32 Å². The van der Waals surface area contributed by atoms with Crippen LogP contribution < -0.4 is 19.7 Å². The van der Waals surface area contributed by atoms with Crippen molar-refractivity contribution in [2.45, 2.75) is 44.6 Å². The molecule has 0 aliphatic carbocycles. The summed E-state index contributed by atoms with van der Waals surface area (Å²) in [6.07, 6.45) is -4.46. The van der Waals surface area contributed by atoms with Gasteiger partial charge in [-0.15, -0.1) is 8.78 Å². The summed E-state index contributed by atoms with van der Waals surface area (Å²) < 4.78 is 40.6. The lowest BCUT2D eigenvalue weighted by molar-refractivity contribution is -0.286. The number of anilines is 1. The summed E-state index contributed by atoms with van der Waals surface area (Å²) in [5, 5.41) is 12.1. The largest absolute Gasteiger partial charge is 0.586 e. The Kier molecular flexibility index (Phi) is 4.80. The molecule has 0 spiro atoms. The lowest BCUT2D eigenvalue weighted by atomic mass is 9.99. The maximum Gasteiger partial charge on any atom is 0.586 e. The van der Waals surface area contributed by atoms with Crippen molar-refractivity contribution < 1.29 is 42.5 Å². The fourth-order valence-corrected chi connectivity index (χ4v) is 3.26. The van der Waals surface area contributed by atoms with Crippen LogP contribution in [0.5, 0.6) is 11.5 Å². The molecule has 0 aromatic heterocycles. The molecule has 3 rings (SSSR count). The average Bonchev–Trinajstić information content (AvgIpc) is 3.12. The van der Waals surface area contributed by atoms with Gasteiger partial charge >= 0.3 is 18.4 Å². The van der Waals surface area contributed by atoms with Crippen LogP contribution in [0.15, 0.2) is 12.1 Å². The third-order valence-corrected chi connectivity index (χ3v) is 4.46. The van der Waals surface area contributed by atoms with Crippen LogP contribution in [-0.4, -0.2) is 54.0 Å². The van der Waals surface area contributed by atoms with Gasteiger partial charge in [-0.1, -0.05) is 0 Å². The molecule has 1 aromatic rings. The maximum atomic E-state index is 13.4. The molecule has 0 radical (unpaired) electrons. The molecule has 0 saturated carbocycles. The third-order valence-electron chi connectivity index (χ3n) is 4.46. The van der Waals surface area contributed by atoms with Crippen molar-refractivity contribution in [3.8, 4) is 11.5 Å². The monoisotopic (exact) mass is 414 g/mol. The van der Waals surface area contributed by atoms with Crippen LogP contribution >= 0.6 is 0 Å². The van der Waals surface area contributed by atoms with Gasteiger partial charge in [-0.25, -0.2) is 9.59 Å². The number of hydrogen-bond acceptors (Lipinski definition) is 7. The fraction of sp³-hybridized carbons (Fsp3) is 0.500. The number of aldehydes is 1. The predicted molar refractivity (Wildman–Crippen MR) is 94.6 cm³/mol. The van der Waals surface area contributed by atoms with E-state index in [1.165, 1.54) is 17.0 Å². The summed E-state index contributed by atoms with van der Waals surface area (Å²) in [7, 11) is 0. The van der Waals surface area contributed by atoms with Gasteiger partial charge in [0.1, 0.15) is 5.60 Å². The predicted octanol–water partition coefficient (Wildman–Crippen LogP) is 2.38. The highest BCUT2D eigenvalue weighted by molar-refractivity contribution is 5.92. The standard InChI is InChI=1S/C18H20F2N2O7/c1-16(2,3)29-15(26)21-17(14(24)25)6-7-22(9-17)11-4-5-12-13(10(11)8-23)28-18(19,20)27-12/h4-5,8H,6-7,9H2,1-3H3,(H,21,26)(H,24,25)/t17-/m1/s1. The Balaban J connectivity index is 1.87. The molecule has 158 valence electrons. The highest BCUT2D eigenvalue weighted by Gasteiger charge is 2.49. The highest BCUT2D eigenvalue weighted by atomic mass is 19.3. The average molecular weight is 414 g/mol. The number of hydrogen-bond donors (Lipinski definition) is 2. The number of carbonyl (C=O) groups is 3. The van der Waals surface area contributed by atoms with Gasteiger partial charge in [0.05, 0.1) is 17.8 Å². The van der Waals surface area contributed by atoms with Crippen LogP contribution in [-0.2, 0) is 9.53 Å². The number of carboxylic acid groups (broad SMARTS) is 1. The van der Waals surface area contributed by atoms with E-state index in [1.807, 2.05) is 0 Å². The van der Waals surface area contributed by atoms with Gasteiger partial charge in [0.2, 0.25) is 0 Å². The zero-order valence-electron chi connectivity index (χ0n) is 16.0. The molecular formula is C18H20F2N2O7. The first kappa shape index (κ1) is 20.6. The third kappa shape index (κ3) is 4.03. The van der Waals surface area contributed by atoms with Crippen LogP contribution in [0.3, 0.4) is 0 Å². The second kappa shape index (κ2) is 6.75. The number of carbonyl (C=O) groups excluding carboxylic acids is 2. The Hall–Kier alpha value is -3.11. The van der Waals surface area contributed by atoms with E-state index in [4.69, 9.17) is 4.74 Å². The molecule has 1 atom stereocenters. The van der Waals surface area contributed by atoms with Crippen LogP contribution in [0.2, 0.25) is 0 Å². The molecule has 2 N–H and O–H groups in total. The Morgan fingerprint density at radius 2 is 2.00 bits per heavy atom. The van der Waals surface area contributed by atoms with Gasteiger partial charge in [0.25, 0.3) is 0 Å². The molecule has 29 heavy (non-hydrogen) atoms. The number of ether oxygens (including phenoxy) is 3. The van der Waals surface area contributed by atoms with Gasteiger partial charge in [0, 0.05) is 13.0 Å². The van der Waals surface area contributed by atoms with Crippen molar-refractivity contribution in [2.75, 3.05) is 18.0 Å². The van der Waals surface area contributed by atoms with Crippen molar-refractivity contribution in [1.29, 1.82) is 0 Å². The van der Waals surface area contributed by atoms with E-state index in [2.05, 4.69) is 14.8 Å². The Bertz CT molecular complexity index is 869. The summed E-state index contributed by atoms with van der Waals surface area (Å²) >= 11 is 0. The molecule has 9 nitrogen and oxygen atoms in total. The number of alkyl carbamates (subject to hydrolysis) is 1. The second-order valence-electron chi connectivity index (χ2n) is 7.80. The lowest BCUT2D eigenvalue weighted by Gasteiger charge is -2.29. The second-order valence-corrected chi connectivity index (χ2v) is 7.80. The Morgan fingerprint density at radius 3 is 2.59 bits per heavy atom. The highest BCUT2D eigenvalue weighted by Crippen LogP contribution is 2.46. The topological polar surface area (TPSA) is 114 Å². The van der Waals surface area contributed by atoms with E-state index in [9.17, 15) is 28.3 Å². The summed E-state index contributed by atoms with van der Waals surface area (Å²) in [5.74, 6) is -2.00. The van der Waals surface area contributed by atoms with Gasteiger partial charge in [-0.3, -0.25) is 4.79 Å². The van der Waals surface area contributed by atoms with E-state index >= 15 is 0 Å². The van der Waals surface area contributed by atoms with Crippen LogP contribution in [0.1, 0.15) is 37.6 Å². The number of nitrogens with zero attached hydrogens (tertiary/aromatic N) is 1. The molecule has 0 unspecified atom stereocenters. The van der Waals surface area contributed by atoms with Crippen molar-refractivity contribution in [2.24, 2.45) is 0 Å². The molecule has 0 bridgehead atoms. The number of nitrogens with one attached hydrogen (secondary N) is 1. The Labute approximate surface area is 164 Å². The van der Waals surface area contributed by atoms with Gasteiger partial charge in [0.15, 0.2) is 23.3 Å². The first-order chi connectivity index (χ1) is 13.4. The summed E-state index contributed by atoms with van der Waals surface area (Å²) in [6.45, 7) is 4.84. The normalized spacial score (nSPS) is 22.3. The van der Waals surface area contributed by atoms with Crippen LogP contribution in [0.25, 0.3) is 0 Å². The molecule has 1 aromatic carbocycles. The van der Waals surface area contributed by atoms with Crippen LogP contribution in [0, 0.1) is 0 Å². The first-order valence-electron chi connectivity index (χ1n) is 8.73. The minimum atomic E-state index is -3.90. The van der Waals surface area contributed by atoms with Gasteiger partial charge in [-0.05, 0) is 32.9 Å². The molecule has 2 aliphatic rings. The minimum Gasteiger partial charge on any atom is -0.479 e. The summed E-state index contributed by atoms with van der Waals surface area (Å²) in [6, 6.07) is 2.57. The van der Waals surface area contributed by atoms with Gasteiger partial charge in [-0.2, -0.15) is 0 Å². The maximum absolute atomic E-state index is 13.4. The van der Waals surface area contributed by atoms with Crippen LogP contribution in [0.4, 0.5) is 19.3 Å². The Morgan fingerprint density at radius 1 is 1.31 bits per heavy atom. The molecule has 1 amide bonds. The van der Waals surface area contributed by atoms with E-state index < -0.39 is 35.2 Å². The number of amides is 1. The van der Waals surface area contributed by atoms with Crippen molar-refractivity contribution >= 4 is 24.0 Å². The number of benzene rings is 1. The van der Waals surface area contributed by atoms with E-state index in [0.29, 0.717) is 6.29 Å². The van der Waals surface area contributed by atoms with E-state index in [1.54, 1.807) is 20.8 Å². The minimum absolute atomic E-state index is 0.00444. The summed E-state index contributed by atoms with van der Waals surface area (Å²) in [4.78, 5) is 37.1. The SMILES string of the molecule is CC(C)(C)OC(=O)N[C@]1(C(=O)O)CCN(c2ccc3c(c2C=O)OC(F)(F)O3)C1. The summed E-state index contributed by atoms with van der Waals surface area (Å²) in [5.41, 5.74) is -2.51.